The smallest absolute Gasteiger partial charge is 0.408 e. The fraction of sp³-hybridized carbons (Fsp3) is 0.333. The number of nitrogens with zero attached hydrogens (tertiary/aromatic N) is 1. The van der Waals surface area contributed by atoms with Gasteiger partial charge in [-0.3, -0.25) is 20.1 Å². The molecule has 0 saturated heterocycles. The summed E-state index contributed by atoms with van der Waals surface area (Å²) in [6.07, 6.45) is -0.522. The SMILES string of the molecule is CC(C)[C@H](NC(=O)OCc1ccccc1)C(=O)O.NC(N)=NCC(CONc1ccc2ccccc2c1)C[C@H](N)C(=O)O. The van der Waals surface area contributed by atoms with Crippen LogP contribution in [-0.4, -0.2) is 59.4 Å². The van der Waals surface area contributed by atoms with Gasteiger partial charge in [-0.15, -0.1) is 0 Å². The third kappa shape index (κ3) is 13.1. The monoisotopic (exact) mass is 596 g/mol. The topological polar surface area (TPSA) is 225 Å². The molecule has 0 fully saturated rings. The van der Waals surface area contributed by atoms with Crippen LogP contribution >= 0.6 is 0 Å². The lowest BCUT2D eigenvalue weighted by molar-refractivity contribution is -0.141. The number of guanidine groups is 1. The van der Waals surface area contributed by atoms with Crippen LogP contribution < -0.4 is 28.0 Å². The zero-order valence-corrected chi connectivity index (χ0v) is 24.2. The molecule has 3 rings (SSSR count). The quantitative estimate of drug-likeness (QED) is 0.0813. The number of carbonyl (C=O) groups excluding carboxylic acids is 1. The number of ether oxygens (including phenoxy) is 1. The normalized spacial score (nSPS) is 12.7. The Labute approximate surface area is 250 Å². The number of aliphatic carboxylic acids is 2. The number of anilines is 1. The lowest BCUT2D eigenvalue weighted by Crippen LogP contribution is -2.44. The lowest BCUT2D eigenvalue weighted by Gasteiger charge is -2.18. The summed E-state index contributed by atoms with van der Waals surface area (Å²) in [5.41, 5.74) is 20.7. The Bertz CT molecular complexity index is 1350. The van der Waals surface area contributed by atoms with Gasteiger partial charge in [-0.05, 0) is 40.8 Å². The highest BCUT2D eigenvalue weighted by Crippen LogP contribution is 2.19. The van der Waals surface area contributed by atoms with Crippen molar-refractivity contribution in [3.05, 3.63) is 78.4 Å². The molecule has 0 heterocycles. The maximum Gasteiger partial charge on any atom is 0.408 e. The van der Waals surface area contributed by atoms with Crippen LogP contribution in [0, 0.1) is 11.8 Å². The van der Waals surface area contributed by atoms with E-state index in [1.54, 1.807) is 13.8 Å². The number of benzene rings is 3. The molecule has 13 heteroatoms. The molecule has 1 amide bonds. The number of carboxylic acid groups (broad SMARTS) is 2. The number of fused-ring (bicyclic) bond motifs is 1. The molecule has 0 aliphatic rings. The summed E-state index contributed by atoms with van der Waals surface area (Å²) < 4.78 is 4.95. The first-order valence-corrected chi connectivity index (χ1v) is 13.6. The molecule has 1 unspecified atom stereocenters. The standard InChI is InChI=1S/C17H23N5O3.C13H17NO4/c18-15(16(23)24)7-11(9-21-17(19)20)10-25-22-14-6-5-12-3-1-2-4-13(12)8-14;1-9(2)11(12(15)16)14-13(17)18-8-10-6-4-3-5-7-10/h1-6,8,11,15,22H,7,9-10,18H2,(H,23,24)(H4,19,20,21);3-7,9,11H,8H2,1-2H3,(H,14,17)(H,15,16)/t11?,15-;11-/m00/s1. The van der Waals surface area contributed by atoms with E-state index in [4.69, 9.17) is 37.0 Å². The summed E-state index contributed by atoms with van der Waals surface area (Å²) >= 11 is 0. The van der Waals surface area contributed by atoms with Crippen molar-refractivity contribution in [2.45, 2.75) is 39.0 Å². The Morgan fingerprint density at radius 3 is 2.16 bits per heavy atom. The molecular formula is C30H40N6O7. The van der Waals surface area contributed by atoms with E-state index >= 15 is 0 Å². The number of nitrogens with one attached hydrogen (secondary N) is 2. The van der Waals surface area contributed by atoms with E-state index in [-0.39, 0.29) is 44.0 Å². The number of hydrogen-bond donors (Lipinski definition) is 7. The predicted molar refractivity (Wildman–Crippen MR) is 164 cm³/mol. The maximum atomic E-state index is 11.4. The van der Waals surface area contributed by atoms with Crippen LogP contribution in [0.5, 0.6) is 0 Å². The van der Waals surface area contributed by atoms with Crippen LogP contribution in [0.25, 0.3) is 10.8 Å². The van der Waals surface area contributed by atoms with Crippen molar-refractivity contribution in [2.24, 2.45) is 34.0 Å². The van der Waals surface area contributed by atoms with E-state index < -0.39 is 30.1 Å². The third-order valence-corrected chi connectivity index (χ3v) is 6.11. The molecule has 0 aliphatic heterocycles. The lowest BCUT2D eigenvalue weighted by atomic mass is 10.0. The fourth-order valence-electron chi connectivity index (χ4n) is 3.79. The number of rotatable bonds is 14. The molecule has 0 aromatic heterocycles. The summed E-state index contributed by atoms with van der Waals surface area (Å²) in [4.78, 5) is 42.7. The molecule has 0 bridgehead atoms. The Kier molecular flexibility index (Phi) is 14.2. The largest absolute Gasteiger partial charge is 0.480 e. The van der Waals surface area contributed by atoms with E-state index in [1.807, 2.05) is 72.8 Å². The molecule has 0 aliphatic carbocycles. The Morgan fingerprint density at radius 1 is 0.907 bits per heavy atom. The van der Waals surface area contributed by atoms with Crippen molar-refractivity contribution in [1.29, 1.82) is 0 Å². The van der Waals surface area contributed by atoms with Crippen molar-refractivity contribution in [1.82, 2.24) is 5.32 Å². The van der Waals surface area contributed by atoms with Crippen LogP contribution in [0.15, 0.2) is 77.8 Å². The van der Waals surface area contributed by atoms with Crippen molar-refractivity contribution in [2.75, 3.05) is 18.6 Å². The van der Waals surface area contributed by atoms with Crippen molar-refractivity contribution < 1.29 is 34.2 Å². The molecule has 43 heavy (non-hydrogen) atoms. The Morgan fingerprint density at radius 2 is 1.56 bits per heavy atom. The van der Waals surface area contributed by atoms with Gasteiger partial charge in [-0.2, -0.15) is 0 Å². The summed E-state index contributed by atoms with van der Waals surface area (Å²) in [6, 6.07) is 21.1. The number of nitrogens with two attached hydrogens (primary N) is 3. The Hall–Kier alpha value is -4.88. The summed E-state index contributed by atoms with van der Waals surface area (Å²) in [7, 11) is 0. The molecule has 0 saturated carbocycles. The van der Waals surface area contributed by atoms with Gasteiger partial charge in [-0.1, -0.05) is 74.5 Å². The van der Waals surface area contributed by atoms with Gasteiger partial charge in [0, 0.05) is 12.5 Å². The molecule has 3 aromatic carbocycles. The minimum absolute atomic E-state index is 0.0589. The van der Waals surface area contributed by atoms with Gasteiger partial charge in [0.25, 0.3) is 0 Å². The first-order chi connectivity index (χ1) is 20.5. The highest BCUT2D eigenvalue weighted by atomic mass is 16.6. The first-order valence-electron chi connectivity index (χ1n) is 13.6. The van der Waals surface area contributed by atoms with Crippen LogP contribution in [0.4, 0.5) is 10.5 Å². The van der Waals surface area contributed by atoms with E-state index in [2.05, 4.69) is 15.8 Å². The van der Waals surface area contributed by atoms with Gasteiger partial charge >= 0.3 is 18.0 Å². The van der Waals surface area contributed by atoms with Gasteiger partial charge in [0.05, 0.1) is 12.3 Å². The van der Waals surface area contributed by atoms with Gasteiger partial charge in [0.2, 0.25) is 0 Å². The minimum Gasteiger partial charge on any atom is -0.480 e. The fourth-order valence-corrected chi connectivity index (χ4v) is 3.79. The van der Waals surface area contributed by atoms with Crippen LogP contribution in [-0.2, 0) is 25.8 Å². The number of amides is 1. The van der Waals surface area contributed by atoms with E-state index in [9.17, 15) is 14.4 Å². The molecule has 13 nitrogen and oxygen atoms in total. The number of hydrogen-bond acceptors (Lipinski definition) is 8. The molecule has 10 N–H and O–H groups in total. The second kappa shape index (κ2) is 17.8. The van der Waals surface area contributed by atoms with Crippen molar-refractivity contribution in [3.8, 4) is 0 Å². The molecular weight excluding hydrogens is 556 g/mol. The van der Waals surface area contributed by atoms with Crippen LogP contribution in [0.3, 0.4) is 0 Å². The highest BCUT2D eigenvalue weighted by molar-refractivity contribution is 5.85. The zero-order chi connectivity index (χ0) is 31.8. The highest BCUT2D eigenvalue weighted by Gasteiger charge is 2.24. The molecule has 3 atom stereocenters. The first kappa shape index (κ1) is 34.3. The molecule has 0 radical (unpaired) electrons. The second-order valence-corrected chi connectivity index (χ2v) is 10.1. The van der Waals surface area contributed by atoms with Crippen LogP contribution in [0.1, 0.15) is 25.8 Å². The average molecular weight is 597 g/mol. The summed E-state index contributed by atoms with van der Waals surface area (Å²) in [5, 5.41) is 22.4. The van der Waals surface area contributed by atoms with Crippen molar-refractivity contribution >= 4 is 40.5 Å². The average Bonchev–Trinajstić information content (AvgIpc) is 2.97. The van der Waals surface area contributed by atoms with E-state index in [1.165, 1.54) is 0 Å². The van der Waals surface area contributed by atoms with E-state index in [0.717, 1.165) is 22.0 Å². The van der Waals surface area contributed by atoms with Crippen LogP contribution in [0.2, 0.25) is 0 Å². The number of carbonyl (C=O) groups is 3. The number of alkyl carbamates (subject to hydrolysis) is 1. The summed E-state index contributed by atoms with van der Waals surface area (Å²) in [5.74, 6) is -2.64. The van der Waals surface area contributed by atoms with Gasteiger partial charge in [0.15, 0.2) is 5.96 Å². The van der Waals surface area contributed by atoms with Gasteiger partial charge < -0.3 is 37.5 Å². The van der Waals surface area contributed by atoms with Gasteiger partial charge in [0.1, 0.15) is 18.7 Å². The zero-order valence-electron chi connectivity index (χ0n) is 24.2. The Balaban J connectivity index is 0.000000317. The molecule has 3 aromatic rings. The molecule has 0 spiro atoms. The summed E-state index contributed by atoms with van der Waals surface area (Å²) in [6.45, 7) is 4.01. The third-order valence-electron chi connectivity index (χ3n) is 6.11. The number of carboxylic acids is 2. The number of aliphatic imine (C=N–C) groups is 1. The molecule has 232 valence electrons. The second-order valence-electron chi connectivity index (χ2n) is 10.1. The van der Waals surface area contributed by atoms with E-state index in [0.29, 0.717) is 0 Å². The van der Waals surface area contributed by atoms with Crippen molar-refractivity contribution in [3.63, 3.8) is 0 Å². The van der Waals surface area contributed by atoms with Gasteiger partial charge in [-0.25, -0.2) is 9.59 Å². The minimum atomic E-state index is -1.07. The predicted octanol–water partition coefficient (Wildman–Crippen LogP) is 2.90. The maximum absolute atomic E-state index is 11.4.